The number of benzene rings is 2. The molecule has 0 spiro atoms. The molecule has 0 saturated heterocycles. The number of ether oxygens (including phenoxy) is 1. The Morgan fingerprint density at radius 3 is 2.24 bits per heavy atom. The maximum atomic E-state index is 6.06. The lowest BCUT2D eigenvalue weighted by molar-refractivity contribution is 0.474. The van der Waals surface area contributed by atoms with E-state index in [1.54, 1.807) is 0 Å². The predicted octanol–water partition coefficient (Wildman–Crippen LogP) is 5.17. The smallest absolute Gasteiger partial charge is 0.133 e. The van der Waals surface area contributed by atoms with Crippen LogP contribution < -0.4 is 10.1 Å². The van der Waals surface area contributed by atoms with Crippen LogP contribution in [-0.4, -0.2) is 6.54 Å². The molecule has 0 heterocycles. The lowest BCUT2D eigenvalue weighted by Gasteiger charge is -2.14. The second kappa shape index (κ2) is 6.97. The number of aryl methyl sites for hydroxylation is 3. The fraction of sp³-hybridized carbons (Fsp3) is 0.333. The van der Waals surface area contributed by atoms with Crippen LogP contribution in [0.1, 0.15) is 29.2 Å². The molecule has 0 fully saturated rings. The highest BCUT2D eigenvalue weighted by molar-refractivity contribution is 6.30. The predicted molar refractivity (Wildman–Crippen MR) is 89.6 cm³/mol. The third-order valence-electron chi connectivity index (χ3n) is 3.52. The molecule has 112 valence electrons. The van der Waals surface area contributed by atoms with E-state index < -0.39 is 0 Å². The van der Waals surface area contributed by atoms with Crippen LogP contribution in [0, 0.1) is 20.8 Å². The Morgan fingerprint density at radius 2 is 1.67 bits per heavy atom. The highest BCUT2D eigenvalue weighted by atomic mass is 35.5. The van der Waals surface area contributed by atoms with Gasteiger partial charge in [0.1, 0.15) is 11.5 Å². The Labute approximate surface area is 132 Å². The van der Waals surface area contributed by atoms with E-state index in [9.17, 15) is 0 Å². The maximum absolute atomic E-state index is 6.06. The van der Waals surface area contributed by atoms with Crippen molar-refractivity contribution < 1.29 is 4.74 Å². The van der Waals surface area contributed by atoms with Crippen molar-refractivity contribution >= 4 is 11.6 Å². The fourth-order valence-electron chi connectivity index (χ4n) is 2.37. The Kier molecular flexibility index (Phi) is 5.27. The van der Waals surface area contributed by atoms with E-state index in [1.807, 2.05) is 32.0 Å². The van der Waals surface area contributed by atoms with Crippen molar-refractivity contribution in [3.8, 4) is 11.5 Å². The molecule has 3 heteroatoms. The minimum absolute atomic E-state index is 0.745. The number of rotatable bonds is 5. The third-order valence-corrected chi connectivity index (χ3v) is 3.74. The minimum atomic E-state index is 0.745. The summed E-state index contributed by atoms with van der Waals surface area (Å²) in [5.74, 6) is 1.75. The van der Waals surface area contributed by atoms with E-state index in [4.69, 9.17) is 16.3 Å². The van der Waals surface area contributed by atoms with Crippen molar-refractivity contribution in [3.05, 3.63) is 57.6 Å². The first-order valence-electron chi connectivity index (χ1n) is 7.26. The minimum Gasteiger partial charge on any atom is -0.457 e. The number of halogens is 1. The van der Waals surface area contributed by atoms with Crippen molar-refractivity contribution in [2.24, 2.45) is 0 Å². The van der Waals surface area contributed by atoms with E-state index in [1.165, 1.54) is 11.1 Å². The molecule has 2 aromatic rings. The fourth-order valence-corrected chi connectivity index (χ4v) is 2.69. The van der Waals surface area contributed by atoms with Gasteiger partial charge in [0.25, 0.3) is 0 Å². The zero-order valence-corrected chi connectivity index (χ0v) is 13.8. The lowest BCUT2D eigenvalue weighted by Crippen LogP contribution is -2.12. The molecule has 0 saturated carbocycles. The summed E-state index contributed by atoms with van der Waals surface area (Å²) >= 11 is 6.06. The number of hydrogen-bond donors (Lipinski definition) is 1. The zero-order valence-electron chi connectivity index (χ0n) is 13.1. The summed E-state index contributed by atoms with van der Waals surface area (Å²) < 4.78 is 6.06. The molecule has 1 N–H and O–H groups in total. The van der Waals surface area contributed by atoms with Gasteiger partial charge in [0, 0.05) is 11.6 Å². The number of hydrogen-bond acceptors (Lipinski definition) is 2. The van der Waals surface area contributed by atoms with E-state index in [0.29, 0.717) is 0 Å². The highest BCUT2D eigenvalue weighted by Crippen LogP contribution is 2.32. The van der Waals surface area contributed by atoms with Gasteiger partial charge in [-0.1, -0.05) is 24.6 Å². The van der Waals surface area contributed by atoms with E-state index >= 15 is 0 Å². The molecule has 0 bridgehead atoms. The van der Waals surface area contributed by atoms with Crippen LogP contribution in [0.3, 0.4) is 0 Å². The van der Waals surface area contributed by atoms with Crippen LogP contribution in [-0.2, 0) is 6.54 Å². The van der Waals surface area contributed by atoms with Crippen molar-refractivity contribution in [2.45, 2.75) is 34.2 Å². The molecule has 0 aliphatic rings. The Balaban J connectivity index is 2.23. The van der Waals surface area contributed by atoms with Crippen molar-refractivity contribution in [3.63, 3.8) is 0 Å². The van der Waals surface area contributed by atoms with Gasteiger partial charge in [0.15, 0.2) is 0 Å². The highest BCUT2D eigenvalue weighted by Gasteiger charge is 2.08. The van der Waals surface area contributed by atoms with Crippen LogP contribution in [0.25, 0.3) is 0 Å². The Morgan fingerprint density at radius 1 is 1.00 bits per heavy atom. The van der Waals surface area contributed by atoms with Crippen molar-refractivity contribution in [1.29, 1.82) is 0 Å². The van der Waals surface area contributed by atoms with Gasteiger partial charge in [-0.25, -0.2) is 0 Å². The van der Waals surface area contributed by atoms with Crippen LogP contribution in [0.5, 0.6) is 11.5 Å². The van der Waals surface area contributed by atoms with Gasteiger partial charge in [-0.05, 0) is 73.8 Å². The topological polar surface area (TPSA) is 21.3 Å². The molecule has 0 atom stereocenters. The molecule has 2 aromatic carbocycles. The molecule has 0 aromatic heterocycles. The Bertz CT molecular complexity index is 614. The summed E-state index contributed by atoms with van der Waals surface area (Å²) in [5.41, 5.74) is 4.63. The molecule has 0 radical (unpaired) electrons. The summed E-state index contributed by atoms with van der Waals surface area (Å²) in [6.07, 6.45) is 0. The van der Waals surface area contributed by atoms with Gasteiger partial charge in [-0.3, -0.25) is 0 Å². The summed E-state index contributed by atoms with van der Waals surface area (Å²) in [5, 5.41) is 4.09. The van der Waals surface area contributed by atoms with Gasteiger partial charge >= 0.3 is 0 Å². The molecular formula is C18H22ClNO. The summed E-state index contributed by atoms with van der Waals surface area (Å²) in [6.45, 7) is 10.1. The first kappa shape index (κ1) is 15.9. The first-order valence-corrected chi connectivity index (χ1v) is 7.64. The van der Waals surface area contributed by atoms with Gasteiger partial charge < -0.3 is 10.1 Å². The molecule has 0 aliphatic heterocycles. The third kappa shape index (κ3) is 3.99. The van der Waals surface area contributed by atoms with Crippen LogP contribution >= 0.6 is 11.6 Å². The number of nitrogens with one attached hydrogen (secondary N) is 1. The van der Waals surface area contributed by atoms with Crippen molar-refractivity contribution in [2.75, 3.05) is 6.54 Å². The summed E-state index contributed by atoms with van der Waals surface area (Å²) in [7, 11) is 0. The summed E-state index contributed by atoms with van der Waals surface area (Å²) in [6, 6.07) is 10.1. The second-order valence-electron chi connectivity index (χ2n) is 5.34. The van der Waals surface area contributed by atoms with Gasteiger partial charge in [-0.2, -0.15) is 0 Å². The van der Waals surface area contributed by atoms with Gasteiger partial charge in [0.05, 0.1) is 0 Å². The molecule has 0 aliphatic carbocycles. The van der Waals surface area contributed by atoms with E-state index in [0.717, 1.165) is 40.7 Å². The SMILES string of the molecule is CCNCc1ccc(Oc2c(C)cc(Cl)cc2C)cc1C. The molecule has 0 amide bonds. The van der Waals surface area contributed by atoms with Crippen LogP contribution in [0.2, 0.25) is 5.02 Å². The van der Waals surface area contributed by atoms with Crippen LogP contribution in [0.4, 0.5) is 0 Å². The lowest BCUT2D eigenvalue weighted by atomic mass is 10.1. The molecular weight excluding hydrogens is 282 g/mol. The van der Waals surface area contributed by atoms with Crippen molar-refractivity contribution in [1.82, 2.24) is 5.32 Å². The molecule has 0 unspecified atom stereocenters. The first-order chi connectivity index (χ1) is 10.0. The second-order valence-corrected chi connectivity index (χ2v) is 5.78. The molecule has 21 heavy (non-hydrogen) atoms. The molecule has 2 rings (SSSR count). The van der Waals surface area contributed by atoms with E-state index in [2.05, 4.69) is 31.3 Å². The average molecular weight is 304 g/mol. The molecule has 2 nitrogen and oxygen atoms in total. The summed E-state index contributed by atoms with van der Waals surface area (Å²) in [4.78, 5) is 0. The van der Waals surface area contributed by atoms with Gasteiger partial charge in [0.2, 0.25) is 0 Å². The van der Waals surface area contributed by atoms with E-state index in [-0.39, 0.29) is 0 Å². The average Bonchev–Trinajstić information content (AvgIpc) is 2.42. The zero-order chi connectivity index (χ0) is 15.4. The largest absolute Gasteiger partial charge is 0.457 e. The van der Waals surface area contributed by atoms with Gasteiger partial charge in [-0.15, -0.1) is 0 Å². The van der Waals surface area contributed by atoms with Crippen LogP contribution in [0.15, 0.2) is 30.3 Å². The standard InChI is InChI=1S/C18H22ClNO/c1-5-20-11-15-6-7-17(10-12(15)2)21-18-13(3)8-16(19)9-14(18)4/h6-10,20H,5,11H2,1-4H3. The monoisotopic (exact) mass is 303 g/mol. The Hall–Kier alpha value is -1.51. The quantitative estimate of drug-likeness (QED) is 0.823. The normalized spacial score (nSPS) is 10.7. The maximum Gasteiger partial charge on any atom is 0.133 e.